The smallest absolute Gasteiger partial charge is 0.306 e. The Morgan fingerprint density at radius 1 is 0.390 bits per heavy atom. The number of likely N-dealkylation sites (N-methyl/N-ethyl adjacent to an activating group) is 1. The average Bonchev–Trinajstić information content (AvgIpc) is 3.45. The van der Waals surface area contributed by atoms with E-state index in [0.29, 0.717) is 17.4 Å². The van der Waals surface area contributed by atoms with Crippen molar-refractivity contribution in [2.45, 2.75) is 290 Å². The molecule has 2 atom stereocenters. The van der Waals surface area contributed by atoms with Crippen LogP contribution in [0.1, 0.15) is 284 Å². The summed E-state index contributed by atoms with van der Waals surface area (Å²) in [6.45, 7) is 4.14. The molecule has 0 aliphatic rings. The Bertz CT molecular complexity index is 1750. The number of hydrogen-bond acceptors (Lipinski definition) is 8. The quantitative estimate of drug-likeness (QED) is 0.0195. The highest BCUT2D eigenvalue weighted by Gasteiger charge is 2.22. The number of nitrogens with zero attached hydrogens (tertiary/aromatic N) is 1. The molecule has 0 aromatic rings. The van der Waals surface area contributed by atoms with E-state index in [0.717, 1.165) is 103 Å². The van der Waals surface area contributed by atoms with Gasteiger partial charge in [0.15, 0.2) is 6.10 Å². The third-order valence-electron chi connectivity index (χ3n) is 14.3. The maximum Gasteiger partial charge on any atom is 0.306 e. The van der Waals surface area contributed by atoms with Gasteiger partial charge in [0.1, 0.15) is 19.8 Å². The lowest BCUT2D eigenvalue weighted by Gasteiger charge is -2.28. The first kappa shape index (κ1) is 78.7. The Balaban J connectivity index is 4.14. The number of rotatable bonds is 61. The molecule has 0 heterocycles. The van der Waals surface area contributed by atoms with Gasteiger partial charge in [0.2, 0.25) is 0 Å². The Labute approximate surface area is 506 Å². The third-order valence-corrected chi connectivity index (χ3v) is 15.3. The van der Waals surface area contributed by atoms with Gasteiger partial charge in [-0.05, 0) is 83.5 Å². The normalized spacial score (nSPS) is 13.9. The number of phosphoric acid groups is 1. The Hall–Kier alpha value is -3.33. The minimum atomic E-state index is -4.65. The first-order valence-corrected chi connectivity index (χ1v) is 35.1. The van der Waals surface area contributed by atoms with E-state index in [-0.39, 0.29) is 32.0 Å². The number of carbonyl (C=O) groups excluding carboxylic acids is 2. The lowest BCUT2D eigenvalue weighted by Crippen LogP contribution is -2.37. The molecule has 0 saturated carbocycles. The summed E-state index contributed by atoms with van der Waals surface area (Å²) < 4.78 is 34.3. The largest absolute Gasteiger partial charge is 0.756 e. The van der Waals surface area contributed by atoms with Crippen LogP contribution in [-0.2, 0) is 32.7 Å². The van der Waals surface area contributed by atoms with Crippen molar-refractivity contribution < 1.29 is 42.1 Å². The molecule has 0 bridgehead atoms. The molecule has 0 fully saturated rings. The molecule has 10 heteroatoms. The van der Waals surface area contributed by atoms with Crippen LogP contribution < -0.4 is 4.89 Å². The second-order valence-corrected chi connectivity index (χ2v) is 24.9. The molecule has 0 amide bonds. The fourth-order valence-corrected chi connectivity index (χ4v) is 9.91. The average molecular weight is 1160 g/mol. The number of allylic oxidation sites excluding steroid dienone is 18. The zero-order chi connectivity index (χ0) is 59.8. The van der Waals surface area contributed by atoms with Crippen LogP contribution in [0.3, 0.4) is 0 Å². The second kappa shape index (κ2) is 62.2. The van der Waals surface area contributed by atoms with Crippen molar-refractivity contribution in [2.75, 3.05) is 47.5 Å². The van der Waals surface area contributed by atoms with Gasteiger partial charge in [0, 0.05) is 12.8 Å². The van der Waals surface area contributed by atoms with Crippen molar-refractivity contribution in [1.29, 1.82) is 0 Å². The standard InChI is InChI=1S/C72H126NO8P/c1-6-8-10-12-14-16-18-20-22-24-26-28-30-31-32-33-34-35-36-37-38-39-40-41-43-45-47-49-51-53-55-57-59-61-63-65-72(75)81-70(69-80-82(76,77)79-67-66-73(3,4)5)68-78-71(74)64-62-60-58-56-54-52-50-48-46-44-42-29-27-25-23-21-19-17-15-13-11-9-7-2/h8,10,14,16,20,22,26,28,31-32,34-35,37-38,40-41,45,47,70H,6-7,9,11-13,15,17-19,21,23-25,27,29-30,33,36,39,42-44,46,48-69H2,1-5H3/b10-8-,16-14-,22-20-,28-26-,32-31-,35-34-,38-37-,41-40-,47-45-. The summed E-state index contributed by atoms with van der Waals surface area (Å²) >= 11 is 0. The van der Waals surface area contributed by atoms with Crippen LogP contribution in [0.25, 0.3) is 0 Å². The van der Waals surface area contributed by atoms with Gasteiger partial charge in [-0.15, -0.1) is 0 Å². The van der Waals surface area contributed by atoms with E-state index in [9.17, 15) is 19.0 Å². The molecule has 0 radical (unpaired) electrons. The van der Waals surface area contributed by atoms with Crippen LogP contribution >= 0.6 is 7.82 Å². The molecule has 9 nitrogen and oxygen atoms in total. The summed E-state index contributed by atoms with van der Waals surface area (Å²) in [7, 11) is 1.15. The van der Waals surface area contributed by atoms with Gasteiger partial charge in [-0.2, -0.15) is 0 Å². The summed E-state index contributed by atoms with van der Waals surface area (Å²) in [6, 6.07) is 0. The minimum absolute atomic E-state index is 0.0368. The van der Waals surface area contributed by atoms with E-state index < -0.39 is 26.5 Å². The Morgan fingerprint density at radius 3 is 1.04 bits per heavy atom. The number of ether oxygens (including phenoxy) is 2. The second-order valence-electron chi connectivity index (χ2n) is 23.5. The van der Waals surface area contributed by atoms with Crippen LogP contribution in [0.2, 0.25) is 0 Å². The molecular formula is C72H126NO8P. The van der Waals surface area contributed by atoms with Gasteiger partial charge in [0.05, 0.1) is 27.7 Å². The summed E-state index contributed by atoms with van der Waals surface area (Å²) in [5, 5.41) is 0. The number of carbonyl (C=O) groups is 2. The van der Waals surface area contributed by atoms with E-state index in [2.05, 4.69) is 123 Å². The number of unbranched alkanes of at least 4 members (excludes halogenated alkanes) is 29. The molecular weight excluding hydrogens is 1040 g/mol. The molecule has 472 valence electrons. The fraction of sp³-hybridized carbons (Fsp3) is 0.722. The summed E-state index contributed by atoms with van der Waals surface area (Å²) in [5.74, 6) is -0.841. The van der Waals surface area contributed by atoms with E-state index in [1.807, 2.05) is 21.1 Å². The van der Waals surface area contributed by atoms with Crippen molar-refractivity contribution in [2.24, 2.45) is 0 Å². The topological polar surface area (TPSA) is 111 Å². The van der Waals surface area contributed by atoms with E-state index in [1.165, 1.54) is 148 Å². The summed E-state index contributed by atoms with van der Waals surface area (Å²) in [4.78, 5) is 38.0. The predicted molar refractivity (Wildman–Crippen MR) is 351 cm³/mol. The van der Waals surface area contributed by atoms with Crippen molar-refractivity contribution >= 4 is 19.8 Å². The highest BCUT2D eigenvalue weighted by atomic mass is 31.2. The predicted octanol–water partition coefficient (Wildman–Crippen LogP) is 21.1. The van der Waals surface area contributed by atoms with Gasteiger partial charge < -0.3 is 27.9 Å². The molecule has 0 N–H and O–H groups in total. The van der Waals surface area contributed by atoms with Gasteiger partial charge in [-0.3, -0.25) is 14.2 Å². The number of hydrogen-bond donors (Lipinski definition) is 0. The maximum atomic E-state index is 12.8. The first-order valence-electron chi connectivity index (χ1n) is 33.6. The number of esters is 2. The zero-order valence-corrected chi connectivity index (χ0v) is 54.6. The van der Waals surface area contributed by atoms with Crippen molar-refractivity contribution in [3.63, 3.8) is 0 Å². The highest BCUT2D eigenvalue weighted by molar-refractivity contribution is 7.45. The zero-order valence-electron chi connectivity index (χ0n) is 53.7. The van der Waals surface area contributed by atoms with Crippen LogP contribution in [0.5, 0.6) is 0 Å². The first-order chi connectivity index (χ1) is 40.0. The molecule has 0 aliphatic carbocycles. The summed E-state index contributed by atoms with van der Waals surface area (Å²) in [6.07, 6.45) is 87.2. The van der Waals surface area contributed by atoms with Crippen molar-refractivity contribution in [3.05, 3.63) is 109 Å². The third kappa shape index (κ3) is 65.8. The van der Waals surface area contributed by atoms with Crippen LogP contribution in [0, 0.1) is 0 Å². The van der Waals surface area contributed by atoms with Gasteiger partial charge in [0.25, 0.3) is 7.82 Å². The van der Waals surface area contributed by atoms with Crippen molar-refractivity contribution in [1.82, 2.24) is 0 Å². The van der Waals surface area contributed by atoms with Crippen LogP contribution in [0.15, 0.2) is 109 Å². The summed E-state index contributed by atoms with van der Waals surface area (Å²) in [5.41, 5.74) is 0. The molecule has 0 rings (SSSR count). The fourth-order valence-electron chi connectivity index (χ4n) is 9.18. The van der Waals surface area contributed by atoms with Crippen molar-refractivity contribution in [3.8, 4) is 0 Å². The maximum absolute atomic E-state index is 12.8. The molecule has 0 spiro atoms. The molecule has 0 aromatic heterocycles. The van der Waals surface area contributed by atoms with E-state index in [4.69, 9.17) is 18.5 Å². The minimum Gasteiger partial charge on any atom is -0.756 e. The monoisotopic (exact) mass is 1160 g/mol. The lowest BCUT2D eigenvalue weighted by molar-refractivity contribution is -0.870. The number of quaternary nitrogens is 1. The SMILES string of the molecule is CC/C=C\C/C=C\C/C=C\C/C=C\C/C=C\C/C=C\C/C=C\C/C=C\C/C=C\CCCCCCCCCC(=O)OC(COC(=O)CCCCCCCCCCCCCCCCCCCCCCCCC)COP(=O)([O-])OCC[N+](C)(C)C. The molecule has 0 aromatic carbocycles. The highest BCUT2D eigenvalue weighted by Crippen LogP contribution is 2.38. The van der Waals surface area contributed by atoms with Gasteiger partial charge in [-0.1, -0.05) is 297 Å². The number of phosphoric ester groups is 1. The molecule has 82 heavy (non-hydrogen) atoms. The van der Waals surface area contributed by atoms with Gasteiger partial charge >= 0.3 is 11.9 Å². The van der Waals surface area contributed by atoms with Crippen LogP contribution in [0.4, 0.5) is 0 Å². The van der Waals surface area contributed by atoms with E-state index >= 15 is 0 Å². The Morgan fingerprint density at radius 2 is 0.695 bits per heavy atom. The van der Waals surface area contributed by atoms with E-state index in [1.54, 1.807) is 0 Å². The molecule has 0 aliphatic heterocycles. The lowest BCUT2D eigenvalue weighted by atomic mass is 10.0. The molecule has 0 saturated heterocycles. The van der Waals surface area contributed by atoms with Crippen LogP contribution in [-0.4, -0.2) is 70.0 Å². The molecule has 2 unspecified atom stereocenters. The Kier molecular flexibility index (Phi) is 59.7. The van der Waals surface area contributed by atoms with Gasteiger partial charge in [-0.25, -0.2) is 0 Å².